The molecule has 0 aromatic rings. The van der Waals surface area contributed by atoms with E-state index in [4.69, 9.17) is 0 Å². The van der Waals surface area contributed by atoms with Crippen LogP contribution in [-0.2, 0) is 4.79 Å². The Morgan fingerprint density at radius 1 is 1.55 bits per heavy atom. The molecule has 0 unspecified atom stereocenters. The van der Waals surface area contributed by atoms with Crippen molar-refractivity contribution >= 4 is 5.78 Å². The molecule has 0 aromatic heterocycles. The summed E-state index contributed by atoms with van der Waals surface area (Å²) in [7, 11) is 0. The van der Waals surface area contributed by atoms with Crippen molar-refractivity contribution in [1.82, 2.24) is 5.32 Å². The zero-order valence-corrected chi connectivity index (χ0v) is 7.24. The molecule has 0 spiro atoms. The van der Waals surface area contributed by atoms with Gasteiger partial charge in [-0.3, -0.25) is 4.79 Å². The van der Waals surface area contributed by atoms with Gasteiger partial charge in [0.1, 0.15) is 0 Å². The third-order valence-corrected chi connectivity index (χ3v) is 2.08. The summed E-state index contributed by atoms with van der Waals surface area (Å²) in [5.41, 5.74) is 2.11. The molecular weight excluding hydrogens is 138 g/mol. The summed E-state index contributed by atoms with van der Waals surface area (Å²) in [6.45, 7) is 4.64. The molecule has 0 bridgehead atoms. The SMILES string of the molecule is CCCCC1=C(C)NCC1=O. The molecule has 0 fully saturated rings. The minimum absolute atomic E-state index is 0.288. The summed E-state index contributed by atoms with van der Waals surface area (Å²) in [6.07, 6.45) is 3.23. The average Bonchev–Trinajstić information content (AvgIpc) is 2.29. The summed E-state index contributed by atoms with van der Waals surface area (Å²) >= 11 is 0. The van der Waals surface area contributed by atoms with Crippen LogP contribution in [0.4, 0.5) is 0 Å². The van der Waals surface area contributed by atoms with Gasteiger partial charge in [-0.05, 0) is 19.8 Å². The Morgan fingerprint density at radius 2 is 2.27 bits per heavy atom. The highest BCUT2D eigenvalue weighted by molar-refractivity contribution is 5.99. The zero-order valence-electron chi connectivity index (χ0n) is 7.24. The Kier molecular flexibility index (Phi) is 2.69. The summed E-state index contributed by atoms with van der Waals surface area (Å²) < 4.78 is 0. The van der Waals surface area contributed by atoms with Gasteiger partial charge in [0.15, 0.2) is 5.78 Å². The van der Waals surface area contributed by atoms with Crippen molar-refractivity contribution in [2.75, 3.05) is 6.54 Å². The van der Waals surface area contributed by atoms with E-state index in [0.29, 0.717) is 6.54 Å². The molecule has 0 aliphatic carbocycles. The minimum atomic E-state index is 0.288. The number of carbonyl (C=O) groups is 1. The molecule has 0 saturated carbocycles. The van der Waals surface area contributed by atoms with E-state index in [9.17, 15) is 4.79 Å². The first kappa shape index (κ1) is 8.31. The van der Waals surface area contributed by atoms with E-state index in [1.165, 1.54) is 0 Å². The number of Topliss-reactive ketones (excluding diaryl/α,β-unsaturated/α-hetero) is 1. The Morgan fingerprint density at radius 3 is 2.73 bits per heavy atom. The molecule has 1 heterocycles. The van der Waals surface area contributed by atoms with Crippen LogP contribution in [0.3, 0.4) is 0 Å². The van der Waals surface area contributed by atoms with Gasteiger partial charge in [-0.15, -0.1) is 0 Å². The average molecular weight is 153 g/mol. The number of ketones is 1. The van der Waals surface area contributed by atoms with Gasteiger partial charge in [0, 0.05) is 11.3 Å². The number of unbranched alkanes of at least 4 members (excludes halogenated alkanes) is 1. The van der Waals surface area contributed by atoms with Crippen LogP contribution >= 0.6 is 0 Å². The largest absolute Gasteiger partial charge is 0.381 e. The Labute approximate surface area is 67.7 Å². The van der Waals surface area contributed by atoms with E-state index in [-0.39, 0.29) is 5.78 Å². The molecule has 1 N–H and O–H groups in total. The van der Waals surface area contributed by atoms with Crippen LogP contribution < -0.4 is 5.32 Å². The lowest BCUT2D eigenvalue weighted by Gasteiger charge is -1.98. The summed E-state index contributed by atoms with van der Waals surface area (Å²) in [4.78, 5) is 11.2. The first-order valence-corrected chi connectivity index (χ1v) is 4.22. The maximum absolute atomic E-state index is 11.2. The van der Waals surface area contributed by atoms with Gasteiger partial charge in [0.2, 0.25) is 0 Å². The fourth-order valence-electron chi connectivity index (χ4n) is 1.32. The smallest absolute Gasteiger partial charge is 0.179 e. The fourth-order valence-corrected chi connectivity index (χ4v) is 1.32. The number of hydrogen-bond donors (Lipinski definition) is 1. The van der Waals surface area contributed by atoms with Crippen LogP contribution in [0.1, 0.15) is 33.1 Å². The fraction of sp³-hybridized carbons (Fsp3) is 0.667. The zero-order chi connectivity index (χ0) is 8.27. The Hall–Kier alpha value is -0.790. The molecule has 0 aromatic carbocycles. The first-order chi connectivity index (χ1) is 5.25. The van der Waals surface area contributed by atoms with Gasteiger partial charge in [-0.25, -0.2) is 0 Å². The predicted molar refractivity (Wildman–Crippen MR) is 45.2 cm³/mol. The monoisotopic (exact) mass is 153 g/mol. The van der Waals surface area contributed by atoms with Crippen LogP contribution in [0, 0.1) is 0 Å². The van der Waals surface area contributed by atoms with Crippen LogP contribution in [0.15, 0.2) is 11.3 Å². The van der Waals surface area contributed by atoms with E-state index < -0.39 is 0 Å². The van der Waals surface area contributed by atoms with Crippen LogP contribution in [0.25, 0.3) is 0 Å². The highest BCUT2D eigenvalue weighted by atomic mass is 16.1. The van der Waals surface area contributed by atoms with Crippen LogP contribution in [0.5, 0.6) is 0 Å². The molecule has 1 aliphatic rings. The lowest BCUT2D eigenvalue weighted by atomic mass is 10.1. The van der Waals surface area contributed by atoms with Gasteiger partial charge in [-0.1, -0.05) is 13.3 Å². The third kappa shape index (κ3) is 1.82. The van der Waals surface area contributed by atoms with E-state index in [0.717, 1.165) is 30.5 Å². The number of nitrogens with one attached hydrogen (secondary N) is 1. The molecule has 62 valence electrons. The molecule has 0 amide bonds. The second-order valence-corrected chi connectivity index (χ2v) is 2.98. The van der Waals surface area contributed by atoms with E-state index in [1.54, 1.807) is 0 Å². The summed E-state index contributed by atoms with van der Waals surface area (Å²) in [5.74, 6) is 0.288. The molecular formula is C9H15NO. The molecule has 1 rings (SSSR count). The lowest BCUT2D eigenvalue weighted by molar-refractivity contribution is -0.114. The van der Waals surface area contributed by atoms with Crippen molar-refractivity contribution in [2.24, 2.45) is 0 Å². The third-order valence-electron chi connectivity index (χ3n) is 2.08. The molecule has 2 nitrogen and oxygen atoms in total. The van der Waals surface area contributed by atoms with Crippen molar-refractivity contribution in [3.8, 4) is 0 Å². The molecule has 0 radical (unpaired) electrons. The van der Waals surface area contributed by atoms with E-state index >= 15 is 0 Å². The Bertz CT molecular complexity index is 194. The van der Waals surface area contributed by atoms with Crippen molar-refractivity contribution in [3.05, 3.63) is 11.3 Å². The normalized spacial score (nSPS) is 17.5. The number of rotatable bonds is 3. The summed E-state index contributed by atoms with van der Waals surface area (Å²) in [5, 5.41) is 3.06. The summed E-state index contributed by atoms with van der Waals surface area (Å²) in [6, 6.07) is 0. The standard InChI is InChI=1S/C9H15NO/c1-3-4-5-8-7(2)10-6-9(8)11/h10H,3-6H2,1-2H3. The van der Waals surface area contributed by atoms with Gasteiger partial charge < -0.3 is 5.32 Å². The van der Waals surface area contributed by atoms with Crippen LogP contribution in [0.2, 0.25) is 0 Å². The highest BCUT2D eigenvalue weighted by Gasteiger charge is 2.17. The van der Waals surface area contributed by atoms with Gasteiger partial charge in [0.25, 0.3) is 0 Å². The predicted octanol–water partition coefficient (Wildman–Crippen LogP) is 1.62. The molecule has 2 heteroatoms. The first-order valence-electron chi connectivity index (χ1n) is 4.22. The number of allylic oxidation sites excluding steroid dienone is 1. The minimum Gasteiger partial charge on any atom is -0.381 e. The molecule has 1 aliphatic heterocycles. The van der Waals surface area contributed by atoms with Crippen molar-refractivity contribution in [3.63, 3.8) is 0 Å². The number of carbonyl (C=O) groups excluding carboxylic acids is 1. The topological polar surface area (TPSA) is 29.1 Å². The van der Waals surface area contributed by atoms with Gasteiger partial charge in [0.05, 0.1) is 6.54 Å². The quantitative estimate of drug-likeness (QED) is 0.667. The van der Waals surface area contributed by atoms with Crippen molar-refractivity contribution < 1.29 is 4.79 Å². The second-order valence-electron chi connectivity index (χ2n) is 2.98. The molecule has 11 heavy (non-hydrogen) atoms. The van der Waals surface area contributed by atoms with E-state index in [2.05, 4.69) is 12.2 Å². The molecule has 0 saturated heterocycles. The van der Waals surface area contributed by atoms with Crippen LogP contribution in [-0.4, -0.2) is 12.3 Å². The second kappa shape index (κ2) is 3.56. The van der Waals surface area contributed by atoms with E-state index in [1.807, 2.05) is 6.92 Å². The maximum atomic E-state index is 11.2. The van der Waals surface area contributed by atoms with Crippen molar-refractivity contribution in [1.29, 1.82) is 0 Å². The molecule has 0 atom stereocenters. The maximum Gasteiger partial charge on any atom is 0.179 e. The van der Waals surface area contributed by atoms with Crippen molar-refractivity contribution in [2.45, 2.75) is 33.1 Å². The highest BCUT2D eigenvalue weighted by Crippen LogP contribution is 2.15. The lowest BCUT2D eigenvalue weighted by Crippen LogP contribution is -2.10. The Balaban J connectivity index is 2.53. The number of hydrogen-bond acceptors (Lipinski definition) is 2. The van der Waals surface area contributed by atoms with Gasteiger partial charge in [-0.2, -0.15) is 0 Å². The van der Waals surface area contributed by atoms with Gasteiger partial charge >= 0.3 is 0 Å².